The number of carbonyl (C=O) groups is 1. The van der Waals surface area contributed by atoms with Crippen LogP contribution in [0.15, 0.2) is 60.7 Å². The molecule has 39 heavy (non-hydrogen) atoms. The van der Waals surface area contributed by atoms with E-state index in [1.165, 1.54) is 34.4 Å². The number of amides is 1. The van der Waals surface area contributed by atoms with Crippen LogP contribution in [-0.4, -0.2) is 57.2 Å². The highest BCUT2D eigenvalue weighted by atomic mass is 16.6. The summed E-state index contributed by atoms with van der Waals surface area (Å²) in [7, 11) is 6.05. The molecule has 3 N–H and O–H groups in total. The van der Waals surface area contributed by atoms with Gasteiger partial charge in [-0.2, -0.15) is 0 Å². The molecular weight excluding hydrogens is 502 g/mol. The van der Waals surface area contributed by atoms with E-state index in [9.17, 15) is 15.0 Å². The first-order valence-corrected chi connectivity index (χ1v) is 12.8. The van der Waals surface area contributed by atoms with Crippen molar-refractivity contribution in [2.75, 3.05) is 35.0 Å². The van der Waals surface area contributed by atoms with Crippen molar-refractivity contribution in [3.05, 3.63) is 77.4 Å². The van der Waals surface area contributed by atoms with E-state index in [1.54, 1.807) is 24.3 Å². The minimum absolute atomic E-state index is 0.122. The van der Waals surface area contributed by atoms with Gasteiger partial charge >= 0.3 is 0 Å². The van der Waals surface area contributed by atoms with Crippen molar-refractivity contribution in [3.8, 4) is 28.7 Å². The highest BCUT2D eigenvalue weighted by molar-refractivity contribution is 5.83. The topological polar surface area (TPSA) is 116 Å². The lowest BCUT2D eigenvalue weighted by atomic mass is 9.70. The van der Waals surface area contributed by atoms with Crippen molar-refractivity contribution in [2.45, 2.75) is 30.1 Å². The van der Waals surface area contributed by atoms with E-state index in [4.69, 9.17) is 23.7 Å². The van der Waals surface area contributed by atoms with Gasteiger partial charge in [0.1, 0.15) is 23.4 Å². The van der Waals surface area contributed by atoms with Crippen molar-refractivity contribution in [1.29, 1.82) is 0 Å². The zero-order valence-electron chi connectivity index (χ0n) is 22.6. The molecule has 9 nitrogen and oxygen atoms in total. The number of aliphatic hydroxyl groups excluding tert-OH is 1. The second kappa shape index (κ2) is 9.98. The molecule has 9 heteroatoms. The lowest BCUT2D eigenvalue weighted by Gasteiger charge is -2.43. The Kier molecular flexibility index (Phi) is 6.82. The summed E-state index contributed by atoms with van der Waals surface area (Å²) in [5.74, 6) is -0.735. The number of benzene rings is 3. The maximum Gasteiger partial charge on any atom is 0.226 e. The molecule has 1 saturated carbocycles. The zero-order valence-corrected chi connectivity index (χ0v) is 22.6. The fourth-order valence-corrected chi connectivity index (χ4v) is 6.51. The maximum absolute atomic E-state index is 13.6. The minimum Gasteiger partial charge on any atom is -0.504 e. The van der Waals surface area contributed by atoms with E-state index in [-0.39, 0.29) is 24.0 Å². The van der Waals surface area contributed by atoms with Crippen LogP contribution in [0.4, 0.5) is 0 Å². The summed E-state index contributed by atoms with van der Waals surface area (Å²) in [6.07, 6.45) is -1.38. The second-order valence-electron chi connectivity index (χ2n) is 9.57. The number of methoxy groups -OCH3 is 3. The summed E-state index contributed by atoms with van der Waals surface area (Å²) in [5.41, 5.74) is -1.44. The molecule has 5 atom stereocenters. The molecule has 0 aromatic heterocycles. The molecule has 2 aliphatic rings. The molecular formula is C30H33NO8. The number of ether oxygens (including phenoxy) is 5. The van der Waals surface area contributed by atoms with Crippen LogP contribution in [0, 0.1) is 5.92 Å². The van der Waals surface area contributed by atoms with Crippen LogP contribution in [0.3, 0.4) is 0 Å². The van der Waals surface area contributed by atoms with Crippen molar-refractivity contribution in [3.63, 3.8) is 0 Å². The number of phenols is 1. The van der Waals surface area contributed by atoms with Crippen LogP contribution in [0.25, 0.3) is 0 Å². The van der Waals surface area contributed by atoms with Crippen LogP contribution >= 0.6 is 0 Å². The van der Waals surface area contributed by atoms with Crippen LogP contribution in [0.1, 0.15) is 29.5 Å². The van der Waals surface area contributed by atoms with Gasteiger partial charge in [-0.1, -0.05) is 36.4 Å². The third-order valence-electron chi connectivity index (χ3n) is 7.93. The van der Waals surface area contributed by atoms with Gasteiger partial charge in [0, 0.05) is 37.3 Å². The van der Waals surface area contributed by atoms with Gasteiger partial charge in [-0.25, -0.2) is 0 Å². The summed E-state index contributed by atoms with van der Waals surface area (Å²) in [4.78, 5) is 13.6. The van der Waals surface area contributed by atoms with Gasteiger partial charge < -0.3 is 39.2 Å². The van der Waals surface area contributed by atoms with E-state index < -0.39 is 29.1 Å². The van der Waals surface area contributed by atoms with Gasteiger partial charge in [0.2, 0.25) is 5.91 Å². The van der Waals surface area contributed by atoms with Crippen LogP contribution in [-0.2, 0) is 20.7 Å². The molecule has 1 fully saturated rings. The quantitative estimate of drug-likeness (QED) is 0.402. The zero-order chi connectivity index (χ0) is 27.9. The van der Waals surface area contributed by atoms with Crippen LogP contribution < -0.4 is 24.3 Å². The van der Waals surface area contributed by atoms with Crippen LogP contribution in [0.2, 0.25) is 0 Å². The molecule has 1 aliphatic heterocycles. The monoisotopic (exact) mass is 535 g/mol. The highest BCUT2D eigenvalue weighted by Crippen LogP contribution is 2.72. The maximum atomic E-state index is 13.6. The number of hydrogen-bond acceptors (Lipinski definition) is 8. The average Bonchev–Trinajstić information content (AvgIpc) is 3.37. The first kappa shape index (κ1) is 26.6. The number of rotatable bonds is 8. The molecule has 0 unspecified atom stereocenters. The Balaban J connectivity index is 1.95. The Morgan fingerprint density at radius 2 is 1.72 bits per heavy atom. The smallest absolute Gasteiger partial charge is 0.226 e. The van der Waals surface area contributed by atoms with Crippen molar-refractivity contribution >= 4 is 5.91 Å². The first-order valence-electron chi connectivity index (χ1n) is 12.8. The van der Waals surface area contributed by atoms with Crippen molar-refractivity contribution < 1.29 is 38.7 Å². The third-order valence-corrected chi connectivity index (χ3v) is 7.93. The summed E-state index contributed by atoms with van der Waals surface area (Å²) >= 11 is 0. The summed E-state index contributed by atoms with van der Waals surface area (Å²) in [6, 6.07) is 17.7. The molecule has 0 spiro atoms. The Labute approximate surface area is 227 Å². The lowest BCUT2D eigenvalue weighted by molar-refractivity contribution is -0.187. The second-order valence-corrected chi connectivity index (χ2v) is 9.57. The summed E-state index contributed by atoms with van der Waals surface area (Å²) < 4.78 is 30.2. The van der Waals surface area contributed by atoms with Crippen LogP contribution in [0.5, 0.6) is 28.7 Å². The fraction of sp³-hybridized carbons (Fsp3) is 0.367. The van der Waals surface area contributed by atoms with Crippen molar-refractivity contribution in [2.24, 2.45) is 5.92 Å². The van der Waals surface area contributed by atoms with E-state index in [0.717, 1.165) is 5.56 Å². The Morgan fingerprint density at radius 1 is 1.00 bits per heavy atom. The van der Waals surface area contributed by atoms with Gasteiger partial charge in [-0.05, 0) is 24.6 Å². The molecule has 206 valence electrons. The minimum atomic E-state index is -1.62. The predicted molar refractivity (Wildman–Crippen MR) is 143 cm³/mol. The van der Waals surface area contributed by atoms with Crippen molar-refractivity contribution in [1.82, 2.24) is 5.32 Å². The fourth-order valence-electron chi connectivity index (χ4n) is 6.51. The largest absolute Gasteiger partial charge is 0.504 e. The molecule has 3 aromatic carbocycles. The molecule has 1 heterocycles. The van der Waals surface area contributed by atoms with Gasteiger partial charge in [0.25, 0.3) is 0 Å². The lowest BCUT2D eigenvalue weighted by Crippen LogP contribution is -2.54. The predicted octanol–water partition coefficient (Wildman–Crippen LogP) is 3.46. The van der Waals surface area contributed by atoms with Gasteiger partial charge in [0.05, 0.1) is 32.8 Å². The number of phenolic OH excluding ortho intramolecular Hbond substituents is 1. The molecule has 0 saturated heterocycles. The Bertz CT molecular complexity index is 1380. The third kappa shape index (κ3) is 3.57. The van der Waals surface area contributed by atoms with E-state index in [1.807, 2.05) is 37.3 Å². The molecule has 5 rings (SSSR count). The molecule has 0 radical (unpaired) electrons. The Morgan fingerprint density at radius 3 is 2.31 bits per heavy atom. The molecule has 1 amide bonds. The van der Waals surface area contributed by atoms with E-state index in [2.05, 4.69) is 5.32 Å². The number of aromatic hydroxyl groups is 1. The summed E-state index contributed by atoms with van der Waals surface area (Å²) in [6.45, 7) is 2.00. The van der Waals surface area contributed by atoms with E-state index in [0.29, 0.717) is 28.4 Å². The number of fused-ring (bicyclic) bond motifs is 3. The molecule has 3 aromatic rings. The number of carbonyl (C=O) groups excluding carboxylic acids is 1. The Hall–Kier alpha value is -3.95. The number of aliphatic hydroxyl groups is 1. The standard InChI is InChI=1S/C30H33NO8/c1-6-38-30-26-22(37-5)15-19(35-3)16-23(26)39-29(30,18-12-13-21(36-4)20(32)14-18)25(17-10-8-7-9-11-17)24(27(30)33)28(34)31-2/h7-16,24-25,27,32-33H,6H2,1-5H3,(H,31,34)/t24-,25-,27-,29+,30+/m1/s1. The average molecular weight is 536 g/mol. The van der Waals surface area contributed by atoms with Gasteiger partial charge in [0.15, 0.2) is 22.7 Å². The summed E-state index contributed by atoms with van der Waals surface area (Å²) in [5, 5.41) is 26.0. The molecule has 0 bridgehead atoms. The van der Waals surface area contributed by atoms with Gasteiger partial charge in [-0.15, -0.1) is 0 Å². The van der Waals surface area contributed by atoms with Gasteiger partial charge in [-0.3, -0.25) is 4.79 Å². The normalized spacial score (nSPS) is 26.8. The highest BCUT2D eigenvalue weighted by Gasteiger charge is 2.79. The number of hydrogen-bond donors (Lipinski definition) is 3. The number of nitrogens with one attached hydrogen (secondary N) is 1. The SMILES string of the molecule is CCO[C@]12c3c(OC)cc(OC)cc3O[C@@]1(c1ccc(OC)c(O)c1)[C@H](c1ccccc1)[C@@H](C(=O)NC)[C@H]2O. The molecule has 1 aliphatic carbocycles. The first-order chi connectivity index (χ1) is 18.8. The van der Waals surface area contributed by atoms with E-state index >= 15 is 0 Å².